The molecule has 6 rings (SSSR count). The fourth-order valence-electron chi connectivity index (χ4n) is 5.13. The van der Waals surface area contributed by atoms with Crippen molar-refractivity contribution in [2.75, 3.05) is 4.90 Å². The number of Topliss-reactive ketones (excluding diaryl/α,β-unsaturated/α-hetero) is 1. The second-order valence-electron chi connectivity index (χ2n) is 9.07. The lowest BCUT2D eigenvalue weighted by Gasteiger charge is -2.23. The van der Waals surface area contributed by atoms with Gasteiger partial charge in [-0.3, -0.25) is 9.59 Å². The lowest BCUT2D eigenvalue weighted by Crippen LogP contribution is -2.41. The maximum absolute atomic E-state index is 13.7. The Kier molecular flexibility index (Phi) is 4.97. The lowest BCUT2D eigenvalue weighted by atomic mass is 9.87. The van der Waals surface area contributed by atoms with E-state index < -0.39 is 11.5 Å². The van der Waals surface area contributed by atoms with E-state index in [1.54, 1.807) is 23.1 Å². The van der Waals surface area contributed by atoms with E-state index in [2.05, 4.69) is 0 Å². The molecule has 1 unspecified atom stereocenters. The molecular weight excluding hydrogens is 434 g/mol. The monoisotopic (exact) mass is 457 g/mol. The van der Waals surface area contributed by atoms with E-state index in [0.717, 1.165) is 27.1 Å². The third-order valence-corrected chi connectivity index (χ3v) is 6.94. The second kappa shape index (κ2) is 8.19. The van der Waals surface area contributed by atoms with Gasteiger partial charge in [-0.15, -0.1) is 0 Å². The van der Waals surface area contributed by atoms with Crippen LogP contribution in [0.5, 0.6) is 0 Å². The molecule has 1 aliphatic rings. The molecule has 5 aromatic carbocycles. The van der Waals surface area contributed by atoms with Crippen molar-refractivity contribution in [2.24, 2.45) is 0 Å². The van der Waals surface area contributed by atoms with Gasteiger partial charge < -0.3 is 10.0 Å². The predicted octanol–water partition coefficient (Wildman–Crippen LogP) is 6.00. The van der Waals surface area contributed by atoms with E-state index in [9.17, 15) is 14.7 Å². The zero-order chi connectivity index (χ0) is 24.0. The van der Waals surface area contributed by atoms with Gasteiger partial charge in [0.25, 0.3) is 5.91 Å². The van der Waals surface area contributed by atoms with Crippen molar-refractivity contribution < 1.29 is 14.7 Å². The highest BCUT2D eigenvalue weighted by Crippen LogP contribution is 2.44. The van der Waals surface area contributed by atoms with E-state index in [1.165, 1.54) is 0 Å². The van der Waals surface area contributed by atoms with E-state index in [4.69, 9.17) is 0 Å². The summed E-state index contributed by atoms with van der Waals surface area (Å²) in [7, 11) is 0. The van der Waals surface area contributed by atoms with Crippen molar-refractivity contribution in [3.8, 4) is 0 Å². The topological polar surface area (TPSA) is 57.6 Å². The molecule has 1 aliphatic heterocycles. The Labute approximate surface area is 203 Å². The van der Waals surface area contributed by atoms with E-state index in [1.807, 2.05) is 91.0 Å². The van der Waals surface area contributed by atoms with Gasteiger partial charge in [-0.05, 0) is 39.2 Å². The average Bonchev–Trinajstić information content (AvgIpc) is 3.10. The molecule has 1 atom stereocenters. The molecule has 35 heavy (non-hydrogen) atoms. The molecule has 0 aliphatic carbocycles. The van der Waals surface area contributed by atoms with E-state index in [-0.39, 0.29) is 12.2 Å². The average molecular weight is 458 g/mol. The first-order valence-corrected chi connectivity index (χ1v) is 11.7. The molecule has 1 heterocycles. The summed E-state index contributed by atoms with van der Waals surface area (Å²) in [5, 5.41) is 15.8. The summed E-state index contributed by atoms with van der Waals surface area (Å²) in [4.78, 5) is 28.6. The number of nitrogens with zero attached hydrogens (tertiary/aromatic N) is 1. The van der Waals surface area contributed by atoms with Crippen molar-refractivity contribution in [2.45, 2.75) is 18.6 Å². The first-order valence-electron chi connectivity index (χ1n) is 11.7. The summed E-state index contributed by atoms with van der Waals surface area (Å²) in [5.74, 6) is -0.741. The molecule has 0 saturated carbocycles. The number of para-hydroxylation sites is 1. The number of anilines is 1. The largest absolute Gasteiger partial charge is 0.375 e. The molecule has 0 fully saturated rings. The number of hydrogen-bond donors (Lipinski definition) is 1. The summed E-state index contributed by atoms with van der Waals surface area (Å²) in [5.41, 5.74) is 0.661. The van der Waals surface area contributed by atoms with Crippen LogP contribution in [-0.4, -0.2) is 16.8 Å². The Morgan fingerprint density at radius 1 is 0.743 bits per heavy atom. The van der Waals surface area contributed by atoms with Crippen LogP contribution in [0, 0.1) is 0 Å². The number of ketones is 1. The van der Waals surface area contributed by atoms with Gasteiger partial charge in [0.15, 0.2) is 11.4 Å². The van der Waals surface area contributed by atoms with Crippen LogP contribution in [0.4, 0.5) is 5.69 Å². The van der Waals surface area contributed by atoms with Crippen LogP contribution >= 0.6 is 0 Å². The molecule has 1 N–H and O–H groups in total. The van der Waals surface area contributed by atoms with Crippen LogP contribution < -0.4 is 4.90 Å². The first kappa shape index (κ1) is 21.3. The minimum Gasteiger partial charge on any atom is -0.375 e. The molecule has 0 bridgehead atoms. The number of aliphatic hydroxyl groups is 1. The zero-order valence-corrected chi connectivity index (χ0v) is 19.0. The Balaban J connectivity index is 1.36. The van der Waals surface area contributed by atoms with Gasteiger partial charge in [0.2, 0.25) is 0 Å². The minimum absolute atomic E-state index is 0.270. The number of amides is 1. The first-order chi connectivity index (χ1) is 17.0. The fourth-order valence-corrected chi connectivity index (χ4v) is 5.13. The number of rotatable bonds is 5. The molecule has 1 amide bonds. The zero-order valence-electron chi connectivity index (χ0n) is 19.0. The van der Waals surface area contributed by atoms with Crippen LogP contribution in [0.1, 0.15) is 27.9 Å². The molecule has 4 heteroatoms. The highest BCUT2D eigenvalue weighted by molar-refractivity contribution is 6.11. The molecule has 4 nitrogen and oxygen atoms in total. The summed E-state index contributed by atoms with van der Waals surface area (Å²) in [6, 6.07) is 34.5. The maximum Gasteiger partial charge on any atom is 0.264 e. The number of carbonyl (C=O) groups is 2. The maximum atomic E-state index is 13.7. The number of carbonyl (C=O) groups excluding carboxylic acids is 2. The van der Waals surface area contributed by atoms with Gasteiger partial charge >= 0.3 is 0 Å². The van der Waals surface area contributed by atoms with Crippen molar-refractivity contribution in [1.29, 1.82) is 0 Å². The van der Waals surface area contributed by atoms with Crippen molar-refractivity contribution in [1.82, 2.24) is 0 Å². The predicted molar refractivity (Wildman–Crippen MR) is 138 cm³/mol. The molecule has 0 radical (unpaired) electrons. The summed E-state index contributed by atoms with van der Waals surface area (Å²) in [6.07, 6.45) is -0.312. The Hall–Kier alpha value is -4.28. The van der Waals surface area contributed by atoms with Crippen LogP contribution in [0.2, 0.25) is 0 Å². The Morgan fingerprint density at radius 3 is 2.29 bits per heavy atom. The van der Waals surface area contributed by atoms with Crippen LogP contribution in [0.15, 0.2) is 109 Å². The molecule has 0 aromatic heterocycles. The SMILES string of the molecule is O=C(CC1(O)C(=O)N(Cc2cccc3ccccc23)c2ccccc21)c1ccc2ccccc2c1. The van der Waals surface area contributed by atoms with Crippen molar-refractivity contribution in [3.05, 3.63) is 126 Å². The highest BCUT2D eigenvalue weighted by Gasteiger charge is 2.50. The summed E-state index contributed by atoms with van der Waals surface area (Å²) in [6.45, 7) is 0.309. The normalized spacial score (nSPS) is 17.2. The standard InChI is InChI=1S/C31H23NO3/c33-29(24-17-16-21-8-1-2-10-23(21)18-24)19-31(35)27-14-5-6-15-28(27)32(30(31)34)20-25-12-7-11-22-9-3-4-13-26(22)25/h1-18,35H,19-20H2. The molecule has 170 valence electrons. The Morgan fingerprint density at radius 2 is 1.43 bits per heavy atom. The van der Waals surface area contributed by atoms with Crippen molar-refractivity contribution in [3.63, 3.8) is 0 Å². The third kappa shape index (κ3) is 3.50. The number of hydrogen-bond acceptors (Lipinski definition) is 3. The third-order valence-electron chi connectivity index (χ3n) is 6.94. The van der Waals surface area contributed by atoms with Gasteiger partial charge in [-0.2, -0.15) is 0 Å². The van der Waals surface area contributed by atoms with Gasteiger partial charge in [0.1, 0.15) is 0 Å². The fraction of sp³-hybridized carbons (Fsp3) is 0.0968. The molecule has 0 saturated heterocycles. The van der Waals surface area contributed by atoms with Crippen LogP contribution in [0.25, 0.3) is 21.5 Å². The summed E-state index contributed by atoms with van der Waals surface area (Å²) < 4.78 is 0. The van der Waals surface area contributed by atoms with Crippen LogP contribution in [-0.2, 0) is 16.9 Å². The van der Waals surface area contributed by atoms with Gasteiger partial charge in [-0.25, -0.2) is 0 Å². The molecule has 5 aromatic rings. The number of fused-ring (bicyclic) bond motifs is 3. The van der Waals surface area contributed by atoms with Crippen molar-refractivity contribution >= 4 is 38.9 Å². The second-order valence-corrected chi connectivity index (χ2v) is 9.07. The highest BCUT2D eigenvalue weighted by atomic mass is 16.3. The summed E-state index contributed by atoms with van der Waals surface area (Å²) >= 11 is 0. The smallest absolute Gasteiger partial charge is 0.264 e. The van der Waals surface area contributed by atoms with E-state index >= 15 is 0 Å². The van der Waals surface area contributed by atoms with Gasteiger partial charge in [0, 0.05) is 11.1 Å². The van der Waals surface area contributed by atoms with Gasteiger partial charge in [0.05, 0.1) is 18.7 Å². The minimum atomic E-state index is -1.91. The van der Waals surface area contributed by atoms with Gasteiger partial charge in [-0.1, -0.05) is 97.1 Å². The Bertz CT molecular complexity index is 1620. The molecular formula is C31H23NO3. The van der Waals surface area contributed by atoms with Crippen LogP contribution in [0.3, 0.4) is 0 Å². The molecule has 0 spiro atoms. The quantitative estimate of drug-likeness (QED) is 0.329. The van der Waals surface area contributed by atoms with E-state index in [0.29, 0.717) is 23.4 Å². The number of benzene rings is 5. The lowest BCUT2D eigenvalue weighted by molar-refractivity contribution is -0.136.